The van der Waals surface area contributed by atoms with E-state index in [4.69, 9.17) is 21.6 Å². The van der Waals surface area contributed by atoms with Gasteiger partial charge < -0.3 is 21.5 Å². The van der Waals surface area contributed by atoms with Crippen molar-refractivity contribution >= 4 is 23.0 Å². The quantitative estimate of drug-likeness (QED) is 0.416. The number of benzene rings is 2. The lowest BCUT2D eigenvalue weighted by Gasteiger charge is -2.16. The van der Waals surface area contributed by atoms with Crippen molar-refractivity contribution in [2.75, 3.05) is 18.2 Å². The number of rotatable bonds is 5. The van der Waals surface area contributed by atoms with E-state index in [2.05, 4.69) is 10.3 Å². The molecule has 0 fully saturated rings. The molecule has 6 nitrogen and oxygen atoms in total. The number of para-hydroxylation sites is 1. The lowest BCUT2D eigenvalue weighted by Crippen LogP contribution is -2.17. The number of nitrogen functional groups attached to an aromatic ring is 2. The monoisotopic (exact) mass is 347 g/mol. The molecule has 0 aliphatic rings. The van der Waals surface area contributed by atoms with Gasteiger partial charge in [0.15, 0.2) is 5.82 Å². The molecule has 26 heavy (non-hydrogen) atoms. The van der Waals surface area contributed by atoms with Gasteiger partial charge in [-0.15, -0.1) is 0 Å². The molecule has 3 rings (SSSR count). The number of hydrogen-bond acceptors (Lipinski definition) is 5. The molecule has 132 valence electrons. The zero-order valence-corrected chi connectivity index (χ0v) is 14.7. The standard InChI is InChI=1S/C20H21N5O/c1-12-5-3-4-6-16(12)25-20-18(21)17(19(22)23)15(11-24-20)13-7-9-14(26-2)10-8-13/h3-11H,21H2,1-2H3,(H3,22,23)(H,24,25). The van der Waals surface area contributed by atoms with Gasteiger partial charge in [-0.1, -0.05) is 30.3 Å². The van der Waals surface area contributed by atoms with Crippen molar-refractivity contribution in [3.05, 3.63) is 65.9 Å². The summed E-state index contributed by atoms with van der Waals surface area (Å²) < 4.78 is 5.19. The lowest BCUT2D eigenvalue weighted by molar-refractivity contribution is 0.415. The normalized spacial score (nSPS) is 10.4. The van der Waals surface area contributed by atoms with Crippen molar-refractivity contribution in [1.29, 1.82) is 5.41 Å². The molecule has 2 aromatic carbocycles. The fourth-order valence-electron chi connectivity index (χ4n) is 2.75. The molecule has 0 unspecified atom stereocenters. The number of methoxy groups -OCH3 is 1. The highest BCUT2D eigenvalue weighted by molar-refractivity contribution is 6.08. The highest BCUT2D eigenvalue weighted by atomic mass is 16.5. The van der Waals surface area contributed by atoms with Crippen LogP contribution in [0, 0.1) is 12.3 Å². The van der Waals surface area contributed by atoms with Crippen LogP contribution in [0.2, 0.25) is 0 Å². The van der Waals surface area contributed by atoms with Crippen LogP contribution in [0.25, 0.3) is 11.1 Å². The second-order valence-electron chi connectivity index (χ2n) is 5.89. The van der Waals surface area contributed by atoms with Gasteiger partial charge in [0.05, 0.1) is 18.4 Å². The second kappa shape index (κ2) is 7.14. The predicted octanol–water partition coefficient (Wildman–Crippen LogP) is 3.68. The third-order valence-corrected chi connectivity index (χ3v) is 4.19. The van der Waals surface area contributed by atoms with Gasteiger partial charge in [0.2, 0.25) is 0 Å². The first kappa shape index (κ1) is 17.3. The molecular formula is C20H21N5O. The molecule has 0 saturated heterocycles. The summed E-state index contributed by atoms with van der Waals surface area (Å²) in [5, 5.41) is 11.2. The highest BCUT2D eigenvalue weighted by Crippen LogP contribution is 2.33. The summed E-state index contributed by atoms with van der Waals surface area (Å²) in [4.78, 5) is 4.46. The van der Waals surface area contributed by atoms with Crippen LogP contribution in [-0.4, -0.2) is 17.9 Å². The van der Waals surface area contributed by atoms with Crippen molar-refractivity contribution in [2.45, 2.75) is 6.92 Å². The summed E-state index contributed by atoms with van der Waals surface area (Å²) in [6, 6.07) is 15.3. The average molecular weight is 347 g/mol. The smallest absolute Gasteiger partial charge is 0.154 e. The van der Waals surface area contributed by atoms with Crippen molar-refractivity contribution in [3.8, 4) is 16.9 Å². The Kier molecular flexibility index (Phi) is 4.75. The summed E-state index contributed by atoms with van der Waals surface area (Å²) in [6.07, 6.45) is 1.68. The van der Waals surface area contributed by atoms with E-state index >= 15 is 0 Å². The van der Waals surface area contributed by atoms with E-state index in [1.165, 1.54) is 0 Å². The molecular weight excluding hydrogens is 326 g/mol. The molecule has 0 spiro atoms. The number of aryl methyl sites for hydroxylation is 1. The van der Waals surface area contributed by atoms with E-state index in [0.717, 1.165) is 22.6 Å². The zero-order chi connectivity index (χ0) is 18.7. The number of ether oxygens (including phenoxy) is 1. The number of nitrogens with zero attached hydrogens (tertiary/aromatic N) is 1. The summed E-state index contributed by atoms with van der Waals surface area (Å²) in [5.74, 6) is 1.11. The minimum Gasteiger partial charge on any atom is -0.497 e. The van der Waals surface area contributed by atoms with Gasteiger partial charge in [0, 0.05) is 17.4 Å². The molecule has 0 amide bonds. The Bertz CT molecular complexity index is 951. The largest absolute Gasteiger partial charge is 0.497 e. The van der Waals surface area contributed by atoms with Crippen LogP contribution in [0.15, 0.2) is 54.7 Å². The maximum absolute atomic E-state index is 7.98. The molecule has 0 atom stereocenters. The van der Waals surface area contributed by atoms with Crippen molar-refractivity contribution < 1.29 is 4.74 Å². The fraction of sp³-hybridized carbons (Fsp3) is 0.100. The first-order valence-electron chi connectivity index (χ1n) is 8.11. The second-order valence-corrected chi connectivity index (χ2v) is 5.89. The fourth-order valence-corrected chi connectivity index (χ4v) is 2.75. The Balaban J connectivity index is 2.06. The number of amidine groups is 1. The minimum atomic E-state index is -0.108. The van der Waals surface area contributed by atoms with E-state index in [1.807, 2.05) is 55.5 Å². The van der Waals surface area contributed by atoms with E-state index < -0.39 is 0 Å². The van der Waals surface area contributed by atoms with Gasteiger partial charge in [-0.2, -0.15) is 0 Å². The molecule has 6 N–H and O–H groups in total. The van der Waals surface area contributed by atoms with Crippen LogP contribution in [0.5, 0.6) is 5.75 Å². The average Bonchev–Trinajstić information content (AvgIpc) is 2.64. The molecule has 1 aromatic heterocycles. The van der Waals surface area contributed by atoms with Crippen LogP contribution in [0.3, 0.4) is 0 Å². The molecule has 0 bridgehead atoms. The first-order valence-corrected chi connectivity index (χ1v) is 8.11. The SMILES string of the molecule is COc1ccc(-c2cnc(Nc3ccccc3C)c(N)c2C(=N)N)cc1. The molecule has 0 saturated carbocycles. The van der Waals surface area contributed by atoms with Gasteiger partial charge in [-0.05, 0) is 36.2 Å². The van der Waals surface area contributed by atoms with Crippen LogP contribution in [-0.2, 0) is 0 Å². The highest BCUT2D eigenvalue weighted by Gasteiger charge is 2.17. The molecule has 1 heterocycles. The third-order valence-electron chi connectivity index (χ3n) is 4.19. The molecule has 6 heteroatoms. The van der Waals surface area contributed by atoms with E-state index in [1.54, 1.807) is 13.3 Å². The predicted molar refractivity (Wildman–Crippen MR) is 106 cm³/mol. The van der Waals surface area contributed by atoms with Gasteiger partial charge in [-0.25, -0.2) is 4.98 Å². The summed E-state index contributed by atoms with van der Waals surface area (Å²) in [6.45, 7) is 2.00. The summed E-state index contributed by atoms with van der Waals surface area (Å²) >= 11 is 0. The summed E-state index contributed by atoms with van der Waals surface area (Å²) in [7, 11) is 1.61. The maximum Gasteiger partial charge on any atom is 0.154 e. The van der Waals surface area contributed by atoms with Gasteiger partial charge >= 0.3 is 0 Å². The lowest BCUT2D eigenvalue weighted by atomic mass is 9.99. The van der Waals surface area contributed by atoms with Gasteiger partial charge in [0.25, 0.3) is 0 Å². The third kappa shape index (κ3) is 3.30. The minimum absolute atomic E-state index is 0.108. The van der Waals surface area contributed by atoms with E-state index in [-0.39, 0.29) is 5.84 Å². The molecule has 3 aromatic rings. The Hall–Kier alpha value is -3.54. The zero-order valence-electron chi connectivity index (χ0n) is 14.7. The Labute approximate surface area is 152 Å². The van der Waals surface area contributed by atoms with Crippen molar-refractivity contribution in [2.24, 2.45) is 5.73 Å². The topological polar surface area (TPSA) is 110 Å². The summed E-state index contributed by atoms with van der Waals surface area (Å²) in [5.41, 5.74) is 16.5. The number of pyridine rings is 1. The van der Waals surface area contributed by atoms with Crippen LogP contribution in [0.1, 0.15) is 11.1 Å². The number of aromatic nitrogens is 1. The molecule has 0 aliphatic carbocycles. The first-order chi connectivity index (χ1) is 12.5. The Morgan fingerprint density at radius 2 is 1.81 bits per heavy atom. The maximum atomic E-state index is 7.98. The number of anilines is 3. The molecule has 0 aliphatic heterocycles. The van der Waals surface area contributed by atoms with Gasteiger partial charge in [0.1, 0.15) is 11.6 Å². The van der Waals surface area contributed by atoms with Crippen LogP contribution >= 0.6 is 0 Å². The van der Waals surface area contributed by atoms with Crippen molar-refractivity contribution in [3.63, 3.8) is 0 Å². The van der Waals surface area contributed by atoms with Crippen LogP contribution < -0.4 is 21.5 Å². The molecule has 0 radical (unpaired) electrons. The Morgan fingerprint density at radius 1 is 1.12 bits per heavy atom. The van der Waals surface area contributed by atoms with Crippen molar-refractivity contribution in [1.82, 2.24) is 4.98 Å². The number of nitrogens with two attached hydrogens (primary N) is 2. The number of hydrogen-bond donors (Lipinski definition) is 4. The van der Waals surface area contributed by atoms with Gasteiger partial charge in [-0.3, -0.25) is 5.41 Å². The Morgan fingerprint density at radius 3 is 2.42 bits per heavy atom. The number of nitrogens with one attached hydrogen (secondary N) is 2. The van der Waals surface area contributed by atoms with Crippen LogP contribution in [0.4, 0.5) is 17.2 Å². The van der Waals surface area contributed by atoms with E-state index in [9.17, 15) is 0 Å². The van der Waals surface area contributed by atoms with E-state index in [0.29, 0.717) is 22.6 Å².